The Kier molecular flexibility index (Phi) is 4.47. The summed E-state index contributed by atoms with van der Waals surface area (Å²) in [5.41, 5.74) is 1.14. The lowest BCUT2D eigenvalue weighted by atomic mass is 10.1. The Balaban J connectivity index is 2.03. The third-order valence-electron chi connectivity index (χ3n) is 3.38. The number of hydrogen-bond acceptors (Lipinski definition) is 6. The molecule has 0 spiro atoms. The number of hydrogen-bond donors (Lipinski definition) is 3. The van der Waals surface area contributed by atoms with Gasteiger partial charge < -0.3 is 20.7 Å². The minimum Gasteiger partial charge on any atom is -0.495 e. The number of halogens is 1. The number of anilines is 3. The second-order valence-electron chi connectivity index (χ2n) is 4.97. The molecule has 1 aliphatic rings. The molecule has 0 radical (unpaired) electrons. The van der Waals surface area contributed by atoms with Gasteiger partial charge in [0.1, 0.15) is 16.6 Å². The Hall–Kier alpha value is -2.54. The molecule has 0 unspecified atom stereocenters. The van der Waals surface area contributed by atoms with Gasteiger partial charge in [-0.15, -0.1) is 0 Å². The van der Waals surface area contributed by atoms with E-state index in [9.17, 15) is 4.79 Å². The summed E-state index contributed by atoms with van der Waals surface area (Å²) in [4.78, 5) is 20.7. The van der Waals surface area contributed by atoms with Crippen molar-refractivity contribution < 1.29 is 9.53 Å². The van der Waals surface area contributed by atoms with E-state index in [0.717, 1.165) is 6.42 Å². The SMILES string of the molecule is COc1ccc2cc1Nc1ncc(Cl)c(n1)NCCCNC2=O. The van der Waals surface area contributed by atoms with Crippen LogP contribution in [0.2, 0.25) is 5.02 Å². The Morgan fingerprint density at radius 2 is 2.09 bits per heavy atom. The van der Waals surface area contributed by atoms with Gasteiger partial charge in [-0.1, -0.05) is 11.6 Å². The lowest BCUT2D eigenvalue weighted by molar-refractivity contribution is 0.0953. The standard InChI is InChI=1S/C15H16ClN5O2/c1-23-12-4-3-9-7-11(12)20-15-19-8-10(16)13(21-15)17-5-2-6-18-14(9)22/h3-4,7-8H,2,5-6H2,1H3,(H,18,22)(H2,17,19,20,21). The topological polar surface area (TPSA) is 88.2 Å². The lowest BCUT2D eigenvalue weighted by Crippen LogP contribution is -2.25. The van der Waals surface area contributed by atoms with Gasteiger partial charge in [0.15, 0.2) is 0 Å². The molecular weight excluding hydrogens is 318 g/mol. The first-order valence-corrected chi connectivity index (χ1v) is 7.55. The maximum atomic E-state index is 12.2. The van der Waals surface area contributed by atoms with Crippen LogP contribution in [-0.2, 0) is 0 Å². The monoisotopic (exact) mass is 333 g/mol. The number of carbonyl (C=O) groups is 1. The molecule has 3 rings (SSSR count). The predicted molar refractivity (Wildman–Crippen MR) is 88.8 cm³/mol. The number of ether oxygens (including phenoxy) is 1. The molecule has 0 aliphatic carbocycles. The summed E-state index contributed by atoms with van der Waals surface area (Å²) in [6.45, 7) is 1.19. The molecule has 1 amide bonds. The summed E-state index contributed by atoms with van der Waals surface area (Å²) in [6.07, 6.45) is 2.27. The maximum absolute atomic E-state index is 12.2. The molecule has 4 bridgehead atoms. The zero-order valence-corrected chi connectivity index (χ0v) is 13.3. The molecule has 0 saturated carbocycles. The van der Waals surface area contributed by atoms with E-state index >= 15 is 0 Å². The zero-order chi connectivity index (χ0) is 16.2. The molecule has 23 heavy (non-hydrogen) atoms. The average molecular weight is 334 g/mol. The number of nitrogens with one attached hydrogen (secondary N) is 3. The minimum absolute atomic E-state index is 0.138. The first-order valence-electron chi connectivity index (χ1n) is 7.17. The van der Waals surface area contributed by atoms with Crippen LogP contribution < -0.4 is 20.7 Å². The molecule has 8 heteroatoms. The van der Waals surface area contributed by atoms with Gasteiger partial charge in [0.25, 0.3) is 5.91 Å². The van der Waals surface area contributed by atoms with Crippen molar-refractivity contribution in [3.63, 3.8) is 0 Å². The van der Waals surface area contributed by atoms with Gasteiger partial charge >= 0.3 is 0 Å². The molecule has 1 aromatic carbocycles. The minimum atomic E-state index is -0.138. The fourth-order valence-corrected chi connectivity index (χ4v) is 2.38. The highest BCUT2D eigenvalue weighted by Crippen LogP contribution is 2.29. The molecule has 1 aromatic heterocycles. The number of methoxy groups -OCH3 is 1. The van der Waals surface area contributed by atoms with Crippen LogP contribution in [0.1, 0.15) is 16.8 Å². The van der Waals surface area contributed by atoms with E-state index in [1.165, 1.54) is 6.20 Å². The van der Waals surface area contributed by atoms with Crippen LogP contribution in [0.5, 0.6) is 5.75 Å². The highest BCUT2D eigenvalue weighted by Gasteiger charge is 2.13. The number of amides is 1. The summed E-state index contributed by atoms with van der Waals surface area (Å²) >= 11 is 6.09. The fourth-order valence-electron chi connectivity index (χ4n) is 2.22. The number of carbonyl (C=O) groups excluding carboxylic acids is 1. The molecule has 0 atom stereocenters. The van der Waals surface area contributed by atoms with Crippen molar-refractivity contribution in [1.29, 1.82) is 0 Å². The Morgan fingerprint density at radius 1 is 1.26 bits per heavy atom. The van der Waals surface area contributed by atoms with Gasteiger partial charge in [0.2, 0.25) is 5.95 Å². The molecular formula is C15H16ClN5O2. The average Bonchev–Trinajstić information content (AvgIpc) is 2.57. The van der Waals surface area contributed by atoms with Crippen molar-refractivity contribution in [2.75, 3.05) is 30.8 Å². The van der Waals surface area contributed by atoms with Crippen molar-refractivity contribution in [3.05, 3.63) is 35.0 Å². The molecule has 2 heterocycles. The van der Waals surface area contributed by atoms with E-state index in [2.05, 4.69) is 25.9 Å². The van der Waals surface area contributed by atoms with Gasteiger partial charge in [0.05, 0.1) is 19.0 Å². The largest absolute Gasteiger partial charge is 0.495 e. The molecule has 0 saturated heterocycles. The van der Waals surface area contributed by atoms with Crippen molar-refractivity contribution in [1.82, 2.24) is 15.3 Å². The Bertz CT molecular complexity index is 738. The van der Waals surface area contributed by atoms with Crippen LogP contribution in [0.3, 0.4) is 0 Å². The second-order valence-corrected chi connectivity index (χ2v) is 5.37. The van der Waals surface area contributed by atoms with E-state index in [0.29, 0.717) is 46.9 Å². The van der Waals surface area contributed by atoms with Crippen LogP contribution in [0.25, 0.3) is 0 Å². The van der Waals surface area contributed by atoms with Gasteiger partial charge in [-0.25, -0.2) is 4.98 Å². The predicted octanol–water partition coefficient (Wildman–Crippen LogP) is 2.43. The third kappa shape index (κ3) is 3.45. The first-order chi connectivity index (χ1) is 11.2. The number of nitrogens with zero attached hydrogens (tertiary/aromatic N) is 2. The van der Waals surface area contributed by atoms with E-state index < -0.39 is 0 Å². The highest BCUT2D eigenvalue weighted by molar-refractivity contribution is 6.32. The van der Waals surface area contributed by atoms with Crippen LogP contribution in [0.15, 0.2) is 24.4 Å². The van der Waals surface area contributed by atoms with Crippen LogP contribution in [0, 0.1) is 0 Å². The number of fused-ring (bicyclic) bond motifs is 4. The van der Waals surface area contributed by atoms with E-state index in [4.69, 9.17) is 16.3 Å². The Morgan fingerprint density at radius 3 is 2.91 bits per heavy atom. The van der Waals surface area contributed by atoms with Crippen molar-refractivity contribution in [2.45, 2.75) is 6.42 Å². The number of rotatable bonds is 1. The van der Waals surface area contributed by atoms with Gasteiger partial charge in [-0.05, 0) is 24.6 Å². The molecule has 2 aromatic rings. The first kappa shape index (κ1) is 15.4. The highest BCUT2D eigenvalue weighted by atomic mass is 35.5. The smallest absolute Gasteiger partial charge is 0.251 e. The van der Waals surface area contributed by atoms with Crippen molar-refractivity contribution in [2.24, 2.45) is 0 Å². The van der Waals surface area contributed by atoms with E-state index in [1.54, 1.807) is 25.3 Å². The molecule has 7 nitrogen and oxygen atoms in total. The van der Waals surface area contributed by atoms with Crippen molar-refractivity contribution in [3.8, 4) is 5.75 Å². The fraction of sp³-hybridized carbons (Fsp3) is 0.267. The van der Waals surface area contributed by atoms with E-state index in [-0.39, 0.29) is 5.91 Å². The maximum Gasteiger partial charge on any atom is 0.251 e. The quantitative estimate of drug-likeness (QED) is 0.743. The second kappa shape index (κ2) is 6.70. The summed E-state index contributed by atoms with van der Waals surface area (Å²) in [5, 5.41) is 9.51. The van der Waals surface area contributed by atoms with Crippen molar-refractivity contribution >= 4 is 35.0 Å². The molecule has 120 valence electrons. The molecule has 0 fully saturated rings. The molecule has 3 N–H and O–H groups in total. The van der Waals surface area contributed by atoms with Gasteiger partial charge in [0, 0.05) is 18.7 Å². The van der Waals surface area contributed by atoms with E-state index in [1.807, 2.05) is 0 Å². The van der Waals surface area contributed by atoms with Crippen LogP contribution >= 0.6 is 11.6 Å². The zero-order valence-electron chi connectivity index (χ0n) is 12.5. The number of benzene rings is 1. The van der Waals surface area contributed by atoms with Gasteiger partial charge in [-0.3, -0.25) is 4.79 Å². The van der Waals surface area contributed by atoms with Crippen LogP contribution in [0.4, 0.5) is 17.5 Å². The summed E-state index contributed by atoms with van der Waals surface area (Å²) in [5.74, 6) is 1.36. The summed E-state index contributed by atoms with van der Waals surface area (Å²) in [6, 6.07) is 5.15. The number of aromatic nitrogens is 2. The van der Waals surface area contributed by atoms with Crippen LogP contribution in [-0.4, -0.2) is 36.1 Å². The third-order valence-corrected chi connectivity index (χ3v) is 3.66. The van der Waals surface area contributed by atoms with Gasteiger partial charge in [-0.2, -0.15) is 4.98 Å². The summed E-state index contributed by atoms with van der Waals surface area (Å²) < 4.78 is 5.31. The Labute approximate surface area is 138 Å². The molecule has 1 aliphatic heterocycles. The normalized spacial score (nSPS) is 14.3. The summed E-state index contributed by atoms with van der Waals surface area (Å²) in [7, 11) is 1.56. The lowest BCUT2D eigenvalue weighted by Gasteiger charge is -2.12.